The molecule has 0 unspecified atom stereocenters. The standard InChI is InChI=1S/C15H15FN2O5/c1-9(19)17-7-12-8-18(15(22)23-12)11-4-2-10(3-5-11)6-13(16)14(20)21/h2-6,12H,7-8H2,1H3,(H,17,19)(H,20,21)/t12-/m0/s1. The van der Waals surface area contributed by atoms with Gasteiger partial charge in [-0.2, -0.15) is 4.39 Å². The van der Waals surface area contributed by atoms with Crippen LogP contribution in [0.1, 0.15) is 12.5 Å². The van der Waals surface area contributed by atoms with Crippen molar-refractivity contribution in [3.05, 3.63) is 35.7 Å². The van der Waals surface area contributed by atoms with Crippen LogP contribution in [0.5, 0.6) is 0 Å². The third-order valence-electron chi connectivity index (χ3n) is 3.16. The minimum atomic E-state index is -1.64. The number of hydrogen-bond donors (Lipinski definition) is 2. The number of carboxylic acids is 1. The molecule has 0 spiro atoms. The van der Waals surface area contributed by atoms with E-state index in [1.807, 2.05) is 0 Å². The maximum atomic E-state index is 13.0. The van der Waals surface area contributed by atoms with Crippen LogP contribution in [0.25, 0.3) is 6.08 Å². The molecular formula is C15H15FN2O5. The number of benzene rings is 1. The summed E-state index contributed by atoms with van der Waals surface area (Å²) in [7, 11) is 0. The number of cyclic esters (lactones) is 1. The minimum absolute atomic E-state index is 0.212. The Kier molecular flexibility index (Phi) is 4.95. The average molecular weight is 322 g/mol. The maximum Gasteiger partial charge on any atom is 0.414 e. The van der Waals surface area contributed by atoms with E-state index >= 15 is 0 Å². The average Bonchev–Trinajstić information content (AvgIpc) is 2.87. The quantitative estimate of drug-likeness (QED) is 0.802. The number of carbonyl (C=O) groups excluding carboxylic acids is 2. The molecule has 0 saturated carbocycles. The highest BCUT2D eigenvalue weighted by Crippen LogP contribution is 2.22. The van der Waals surface area contributed by atoms with Crippen molar-refractivity contribution in [3.63, 3.8) is 0 Å². The molecule has 1 aromatic rings. The van der Waals surface area contributed by atoms with Gasteiger partial charge in [-0.1, -0.05) is 12.1 Å². The van der Waals surface area contributed by atoms with Crippen LogP contribution in [0, 0.1) is 0 Å². The minimum Gasteiger partial charge on any atom is -0.476 e. The molecule has 1 aromatic carbocycles. The number of carbonyl (C=O) groups is 3. The number of amides is 2. The van der Waals surface area contributed by atoms with E-state index in [4.69, 9.17) is 9.84 Å². The monoisotopic (exact) mass is 322 g/mol. The molecule has 1 saturated heterocycles. The second kappa shape index (κ2) is 6.91. The fraction of sp³-hybridized carbons (Fsp3) is 0.267. The molecule has 1 heterocycles. The predicted molar refractivity (Wildman–Crippen MR) is 79.5 cm³/mol. The first-order valence-corrected chi connectivity index (χ1v) is 6.80. The van der Waals surface area contributed by atoms with Crippen LogP contribution in [0.3, 0.4) is 0 Å². The molecule has 0 bridgehead atoms. The van der Waals surface area contributed by atoms with Crippen molar-refractivity contribution in [1.29, 1.82) is 0 Å². The van der Waals surface area contributed by atoms with Crippen LogP contribution in [-0.4, -0.2) is 42.3 Å². The van der Waals surface area contributed by atoms with E-state index in [0.29, 0.717) is 11.3 Å². The second-order valence-corrected chi connectivity index (χ2v) is 4.94. The Labute approximate surface area is 131 Å². The summed E-state index contributed by atoms with van der Waals surface area (Å²) in [5, 5.41) is 11.1. The first-order chi connectivity index (χ1) is 10.9. The summed E-state index contributed by atoms with van der Waals surface area (Å²) < 4.78 is 18.1. The third-order valence-corrected chi connectivity index (χ3v) is 3.16. The molecule has 23 heavy (non-hydrogen) atoms. The largest absolute Gasteiger partial charge is 0.476 e. The van der Waals surface area contributed by atoms with Crippen molar-refractivity contribution in [2.24, 2.45) is 0 Å². The maximum absolute atomic E-state index is 13.0. The summed E-state index contributed by atoms with van der Waals surface area (Å²) in [5.74, 6) is -3.12. The van der Waals surface area contributed by atoms with Crippen LogP contribution in [0.2, 0.25) is 0 Å². The van der Waals surface area contributed by atoms with Gasteiger partial charge in [0.2, 0.25) is 11.7 Å². The summed E-state index contributed by atoms with van der Waals surface area (Å²) in [6, 6.07) is 6.10. The van der Waals surface area contributed by atoms with Crippen molar-refractivity contribution in [2.45, 2.75) is 13.0 Å². The number of nitrogens with zero attached hydrogens (tertiary/aromatic N) is 1. The van der Waals surface area contributed by atoms with Gasteiger partial charge < -0.3 is 15.2 Å². The van der Waals surface area contributed by atoms with E-state index in [1.165, 1.54) is 24.0 Å². The number of rotatable bonds is 5. The number of halogens is 1. The van der Waals surface area contributed by atoms with Gasteiger partial charge in [0.25, 0.3) is 0 Å². The number of aliphatic carboxylic acids is 1. The molecule has 0 radical (unpaired) electrons. The molecule has 0 aliphatic carbocycles. The second-order valence-electron chi connectivity index (χ2n) is 4.94. The lowest BCUT2D eigenvalue weighted by atomic mass is 10.1. The molecule has 1 aliphatic rings. The molecule has 2 N–H and O–H groups in total. The number of carboxylic acid groups (broad SMARTS) is 1. The highest BCUT2D eigenvalue weighted by Gasteiger charge is 2.32. The van der Waals surface area contributed by atoms with Gasteiger partial charge in [-0.3, -0.25) is 9.69 Å². The van der Waals surface area contributed by atoms with Gasteiger partial charge in [0.1, 0.15) is 6.10 Å². The molecular weight excluding hydrogens is 307 g/mol. The topological polar surface area (TPSA) is 95.9 Å². The fourth-order valence-corrected chi connectivity index (χ4v) is 2.05. The predicted octanol–water partition coefficient (Wildman–Crippen LogP) is 1.54. The van der Waals surface area contributed by atoms with Gasteiger partial charge in [-0.25, -0.2) is 9.59 Å². The lowest BCUT2D eigenvalue weighted by molar-refractivity contribution is -0.134. The first kappa shape index (κ1) is 16.5. The lowest BCUT2D eigenvalue weighted by Crippen LogP contribution is -2.33. The number of anilines is 1. The zero-order valence-corrected chi connectivity index (χ0v) is 12.3. The normalized spacial score (nSPS) is 17.8. The molecule has 7 nitrogen and oxygen atoms in total. The fourth-order valence-electron chi connectivity index (χ4n) is 2.05. The summed E-state index contributed by atoms with van der Waals surface area (Å²) in [5.41, 5.74) is 0.893. The molecule has 8 heteroatoms. The summed E-state index contributed by atoms with van der Waals surface area (Å²) in [6.07, 6.45) is -0.107. The van der Waals surface area contributed by atoms with Gasteiger partial charge in [-0.05, 0) is 23.8 Å². The van der Waals surface area contributed by atoms with E-state index in [0.717, 1.165) is 6.08 Å². The number of hydrogen-bond acceptors (Lipinski definition) is 4. The van der Waals surface area contributed by atoms with E-state index in [1.54, 1.807) is 12.1 Å². The summed E-state index contributed by atoms with van der Waals surface area (Å²) >= 11 is 0. The third kappa shape index (κ3) is 4.29. The number of nitrogens with one attached hydrogen (secondary N) is 1. The first-order valence-electron chi connectivity index (χ1n) is 6.80. The van der Waals surface area contributed by atoms with Crippen LogP contribution < -0.4 is 10.2 Å². The lowest BCUT2D eigenvalue weighted by Gasteiger charge is -2.13. The van der Waals surface area contributed by atoms with Crippen molar-refractivity contribution in [2.75, 3.05) is 18.0 Å². The van der Waals surface area contributed by atoms with Gasteiger partial charge in [-0.15, -0.1) is 0 Å². The van der Waals surface area contributed by atoms with Crippen molar-refractivity contribution in [1.82, 2.24) is 5.32 Å². The van der Waals surface area contributed by atoms with Crippen LogP contribution in [-0.2, 0) is 14.3 Å². The zero-order valence-electron chi connectivity index (χ0n) is 12.3. The summed E-state index contributed by atoms with van der Waals surface area (Å²) in [4.78, 5) is 34.5. The Morgan fingerprint density at radius 1 is 1.43 bits per heavy atom. The van der Waals surface area contributed by atoms with Gasteiger partial charge in [0.15, 0.2) is 0 Å². The Morgan fingerprint density at radius 3 is 2.65 bits per heavy atom. The molecule has 1 atom stereocenters. The molecule has 122 valence electrons. The Morgan fingerprint density at radius 2 is 2.09 bits per heavy atom. The van der Waals surface area contributed by atoms with Crippen molar-refractivity contribution in [3.8, 4) is 0 Å². The highest BCUT2D eigenvalue weighted by atomic mass is 19.1. The van der Waals surface area contributed by atoms with Gasteiger partial charge in [0.05, 0.1) is 13.1 Å². The SMILES string of the molecule is CC(=O)NC[C@H]1CN(c2ccc(C=C(F)C(=O)O)cc2)C(=O)O1. The zero-order chi connectivity index (χ0) is 17.0. The van der Waals surface area contributed by atoms with Gasteiger partial charge >= 0.3 is 12.1 Å². The van der Waals surface area contributed by atoms with E-state index < -0.39 is 24.0 Å². The van der Waals surface area contributed by atoms with Crippen LogP contribution >= 0.6 is 0 Å². The van der Waals surface area contributed by atoms with Crippen molar-refractivity contribution >= 4 is 29.7 Å². The smallest absolute Gasteiger partial charge is 0.414 e. The van der Waals surface area contributed by atoms with Crippen LogP contribution in [0.4, 0.5) is 14.9 Å². The van der Waals surface area contributed by atoms with Gasteiger partial charge in [0, 0.05) is 12.6 Å². The molecule has 1 fully saturated rings. The molecule has 2 rings (SSSR count). The van der Waals surface area contributed by atoms with E-state index in [9.17, 15) is 18.8 Å². The molecule has 2 amide bonds. The highest BCUT2D eigenvalue weighted by molar-refractivity contribution is 5.91. The Hall–Kier alpha value is -2.90. The van der Waals surface area contributed by atoms with Crippen molar-refractivity contribution < 1.29 is 28.6 Å². The van der Waals surface area contributed by atoms with E-state index in [2.05, 4.69) is 5.32 Å². The van der Waals surface area contributed by atoms with E-state index in [-0.39, 0.29) is 19.0 Å². The number of ether oxygens (including phenoxy) is 1. The Bertz CT molecular complexity index is 656. The van der Waals surface area contributed by atoms with Crippen LogP contribution in [0.15, 0.2) is 30.1 Å². The molecule has 1 aliphatic heterocycles. The summed E-state index contributed by atoms with van der Waals surface area (Å²) in [6.45, 7) is 1.87. The Balaban J connectivity index is 2.05. The molecule has 0 aromatic heterocycles.